The lowest BCUT2D eigenvalue weighted by Gasteiger charge is -2.11. The molecule has 0 unspecified atom stereocenters. The lowest BCUT2D eigenvalue weighted by atomic mass is 10.3. The number of carbonyl (C=O) groups excluding carboxylic acids is 1. The van der Waals surface area contributed by atoms with Crippen molar-refractivity contribution in [3.63, 3.8) is 0 Å². The van der Waals surface area contributed by atoms with Crippen LogP contribution in [0.3, 0.4) is 0 Å². The van der Waals surface area contributed by atoms with Gasteiger partial charge in [0.05, 0.1) is 11.9 Å². The van der Waals surface area contributed by atoms with E-state index in [-0.39, 0.29) is 11.9 Å². The molecule has 6 heteroatoms. The standard InChI is InChI=1S/C11H13BrN4O/c1-7(2)16-6-8(12)3-10(16)11(17)15-9-4-13-14-5-9/h3-7H,1-2H3,(H,13,14)(H,15,17). The molecule has 2 N–H and O–H groups in total. The molecule has 0 radical (unpaired) electrons. The first kappa shape index (κ1) is 11.9. The highest BCUT2D eigenvalue weighted by molar-refractivity contribution is 9.10. The molecule has 1 amide bonds. The Labute approximate surface area is 107 Å². The van der Waals surface area contributed by atoms with Gasteiger partial charge >= 0.3 is 0 Å². The highest BCUT2D eigenvalue weighted by Gasteiger charge is 2.15. The summed E-state index contributed by atoms with van der Waals surface area (Å²) in [5.74, 6) is -0.147. The van der Waals surface area contributed by atoms with Gasteiger partial charge in [0.15, 0.2) is 0 Å². The van der Waals surface area contributed by atoms with Crippen LogP contribution in [0.1, 0.15) is 30.4 Å². The van der Waals surface area contributed by atoms with E-state index in [1.807, 2.05) is 24.6 Å². The van der Waals surface area contributed by atoms with E-state index in [0.717, 1.165) is 4.47 Å². The maximum absolute atomic E-state index is 12.1. The minimum absolute atomic E-state index is 0.147. The molecular weight excluding hydrogens is 284 g/mol. The van der Waals surface area contributed by atoms with Crippen LogP contribution in [-0.4, -0.2) is 20.7 Å². The molecule has 90 valence electrons. The number of halogens is 1. The Morgan fingerprint density at radius 1 is 1.59 bits per heavy atom. The zero-order valence-electron chi connectivity index (χ0n) is 9.57. The number of H-pyrrole nitrogens is 1. The van der Waals surface area contributed by atoms with Gasteiger partial charge in [0, 0.05) is 22.9 Å². The fourth-order valence-electron chi connectivity index (χ4n) is 1.57. The molecule has 0 aliphatic heterocycles. The van der Waals surface area contributed by atoms with Crippen molar-refractivity contribution >= 4 is 27.5 Å². The highest BCUT2D eigenvalue weighted by Crippen LogP contribution is 2.20. The Morgan fingerprint density at radius 2 is 2.35 bits per heavy atom. The molecule has 2 aromatic heterocycles. The number of carbonyl (C=O) groups is 1. The maximum atomic E-state index is 12.1. The van der Waals surface area contributed by atoms with Crippen molar-refractivity contribution < 1.29 is 4.79 Å². The van der Waals surface area contributed by atoms with Crippen molar-refractivity contribution in [2.45, 2.75) is 19.9 Å². The maximum Gasteiger partial charge on any atom is 0.272 e. The summed E-state index contributed by atoms with van der Waals surface area (Å²) in [6, 6.07) is 2.03. The van der Waals surface area contributed by atoms with E-state index in [1.165, 1.54) is 0 Å². The topological polar surface area (TPSA) is 62.7 Å². The average molecular weight is 297 g/mol. The van der Waals surface area contributed by atoms with Crippen molar-refractivity contribution in [1.29, 1.82) is 0 Å². The molecule has 17 heavy (non-hydrogen) atoms. The number of anilines is 1. The first-order valence-corrected chi connectivity index (χ1v) is 6.04. The molecule has 2 rings (SSSR count). The van der Waals surface area contributed by atoms with Crippen molar-refractivity contribution in [2.75, 3.05) is 5.32 Å². The molecular formula is C11H13BrN4O. The van der Waals surface area contributed by atoms with Gasteiger partial charge < -0.3 is 9.88 Å². The van der Waals surface area contributed by atoms with Crippen LogP contribution in [0.5, 0.6) is 0 Å². The zero-order valence-corrected chi connectivity index (χ0v) is 11.2. The van der Waals surface area contributed by atoms with Crippen LogP contribution in [-0.2, 0) is 0 Å². The lowest BCUT2D eigenvalue weighted by molar-refractivity contribution is 0.101. The minimum atomic E-state index is -0.147. The summed E-state index contributed by atoms with van der Waals surface area (Å²) in [7, 11) is 0. The van der Waals surface area contributed by atoms with E-state index in [9.17, 15) is 4.79 Å². The normalized spacial score (nSPS) is 10.8. The molecule has 2 heterocycles. The number of nitrogens with one attached hydrogen (secondary N) is 2. The van der Waals surface area contributed by atoms with E-state index in [0.29, 0.717) is 11.4 Å². The van der Waals surface area contributed by atoms with E-state index >= 15 is 0 Å². The quantitative estimate of drug-likeness (QED) is 0.915. The van der Waals surface area contributed by atoms with Crippen LogP contribution >= 0.6 is 15.9 Å². The van der Waals surface area contributed by atoms with Gasteiger partial charge in [-0.2, -0.15) is 5.10 Å². The zero-order chi connectivity index (χ0) is 12.4. The number of aromatic amines is 1. The van der Waals surface area contributed by atoms with Crippen LogP contribution < -0.4 is 5.32 Å². The van der Waals surface area contributed by atoms with E-state index < -0.39 is 0 Å². The fraction of sp³-hybridized carbons (Fsp3) is 0.273. The largest absolute Gasteiger partial charge is 0.340 e. The molecule has 0 atom stereocenters. The highest BCUT2D eigenvalue weighted by atomic mass is 79.9. The molecule has 5 nitrogen and oxygen atoms in total. The van der Waals surface area contributed by atoms with Gasteiger partial charge in [-0.3, -0.25) is 9.89 Å². The summed E-state index contributed by atoms with van der Waals surface area (Å²) < 4.78 is 2.81. The molecule has 0 saturated heterocycles. The second-order valence-electron chi connectivity index (χ2n) is 3.99. The van der Waals surface area contributed by atoms with Crippen LogP contribution in [0.4, 0.5) is 5.69 Å². The first-order valence-electron chi connectivity index (χ1n) is 5.25. The van der Waals surface area contributed by atoms with Gasteiger partial charge in [0.25, 0.3) is 5.91 Å². The molecule has 0 aliphatic carbocycles. The number of aromatic nitrogens is 3. The molecule has 0 aliphatic rings. The smallest absolute Gasteiger partial charge is 0.272 e. The number of amides is 1. The van der Waals surface area contributed by atoms with Crippen molar-refractivity contribution in [3.8, 4) is 0 Å². The summed E-state index contributed by atoms with van der Waals surface area (Å²) in [6.07, 6.45) is 5.10. The number of nitrogens with zero attached hydrogens (tertiary/aromatic N) is 2. The second-order valence-corrected chi connectivity index (χ2v) is 4.90. The molecule has 0 aromatic carbocycles. The van der Waals surface area contributed by atoms with Crippen LogP contribution in [0, 0.1) is 0 Å². The molecule has 0 saturated carbocycles. The molecule has 2 aromatic rings. The van der Waals surface area contributed by atoms with Crippen molar-refractivity contribution in [2.24, 2.45) is 0 Å². The van der Waals surface area contributed by atoms with Crippen LogP contribution in [0.2, 0.25) is 0 Å². The summed E-state index contributed by atoms with van der Waals surface area (Å²) in [5, 5.41) is 9.20. The summed E-state index contributed by atoms with van der Waals surface area (Å²) in [5.41, 5.74) is 1.27. The van der Waals surface area contributed by atoms with Gasteiger partial charge in [-0.25, -0.2) is 0 Å². The van der Waals surface area contributed by atoms with Gasteiger partial charge in [0.1, 0.15) is 5.69 Å². The summed E-state index contributed by atoms with van der Waals surface area (Å²) >= 11 is 3.38. The Kier molecular flexibility index (Phi) is 3.33. The molecule has 0 spiro atoms. The molecule has 0 bridgehead atoms. The summed E-state index contributed by atoms with van der Waals surface area (Å²) in [6.45, 7) is 4.06. The van der Waals surface area contributed by atoms with Crippen LogP contribution in [0.15, 0.2) is 29.1 Å². The third-order valence-electron chi connectivity index (χ3n) is 2.36. The van der Waals surface area contributed by atoms with E-state index in [4.69, 9.17) is 0 Å². The number of hydrogen-bond donors (Lipinski definition) is 2. The number of hydrogen-bond acceptors (Lipinski definition) is 2. The molecule has 0 fully saturated rings. The Hall–Kier alpha value is -1.56. The third kappa shape index (κ3) is 2.58. The van der Waals surface area contributed by atoms with E-state index in [2.05, 4.69) is 31.4 Å². The first-order chi connectivity index (χ1) is 8.08. The van der Waals surface area contributed by atoms with Gasteiger partial charge in [-0.15, -0.1) is 0 Å². The van der Waals surface area contributed by atoms with E-state index in [1.54, 1.807) is 18.5 Å². The lowest BCUT2D eigenvalue weighted by Crippen LogP contribution is -2.17. The minimum Gasteiger partial charge on any atom is -0.340 e. The Balaban J connectivity index is 2.24. The fourth-order valence-corrected chi connectivity index (χ4v) is 2.01. The Bertz CT molecular complexity index is 516. The Morgan fingerprint density at radius 3 is 2.94 bits per heavy atom. The predicted octanol–water partition coefficient (Wildman–Crippen LogP) is 2.81. The van der Waals surface area contributed by atoms with Gasteiger partial charge in [-0.1, -0.05) is 0 Å². The SMILES string of the molecule is CC(C)n1cc(Br)cc1C(=O)Nc1cn[nH]c1. The van der Waals surface area contributed by atoms with Gasteiger partial charge in [-0.05, 0) is 35.8 Å². The monoisotopic (exact) mass is 296 g/mol. The number of rotatable bonds is 3. The predicted molar refractivity (Wildman–Crippen MR) is 69.1 cm³/mol. The second kappa shape index (κ2) is 4.75. The van der Waals surface area contributed by atoms with Crippen molar-refractivity contribution in [1.82, 2.24) is 14.8 Å². The van der Waals surface area contributed by atoms with Crippen LogP contribution in [0.25, 0.3) is 0 Å². The average Bonchev–Trinajstić information content (AvgIpc) is 2.86. The summed E-state index contributed by atoms with van der Waals surface area (Å²) in [4.78, 5) is 12.1. The van der Waals surface area contributed by atoms with Gasteiger partial charge in [0.2, 0.25) is 0 Å². The third-order valence-corrected chi connectivity index (χ3v) is 2.79. The van der Waals surface area contributed by atoms with Crippen molar-refractivity contribution in [3.05, 3.63) is 34.8 Å².